The number of carboxylic acids is 2. The number of anilines is 1. The molecule has 1 fully saturated rings. The van der Waals surface area contributed by atoms with Crippen LogP contribution in [0.15, 0.2) is 18.2 Å². The summed E-state index contributed by atoms with van der Waals surface area (Å²) in [7, 11) is 0. The molecule has 1 heterocycles. The Kier molecular flexibility index (Phi) is 9.41. The zero-order valence-electron chi connectivity index (χ0n) is 15.6. The number of amides is 1. The Labute approximate surface area is 158 Å². The van der Waals surface area contributed by atoms with E-state index in [1.54, 1.807) is 0 Å². The van der Waals surface area contributed by atoms with Gasteiger partial charge in [-0.15, -0.1) is 0 Å². The first-order valence-corrected chi connectivity index (χ1v) is 8.62. The first kappa shape index (κ1) is 22.6. The largest absolute Gasteiger partial charge is 0.481 e. The Bertz CT molecular complexity index is 638. The van der Waals surface area contributed by atoms with Crippen LogP contribution < -0.4 is 10.6 Å². The molecule has 1 atom stereocenters. The van der Waals surface area contributed by atoms with Crippen molar-refractivity contribution in [3.8, 4) is 0 Å². The van der Waals surface area contributed by atoms with Crippen LogP contribution >= 0.6 is 0 Å². The van der Waals surface area contributed by atoms with E-state index in [2.05, 4.69) is 15.5 Å². The number of benzene rings is 1. The first-order valence-electron chi connectivity index (χ1n) is 8.62. The average molecular weight is 381 g/mol. The number of aliphatic hydroxyl groups excluding tert-OH is 1. The van der Waals surface area contributed by atoms with Crippen LogP contribution in [-0.4, -0.2) is 76.9 Å². The molecule has 9 heteroatoms. The maximum Gasteiger partial charge on any atom is 0.333 e. The summed E-state index contributed by atoms with van der Waals surface area (Å²) in [4.78, 5) is 33.6. The Morgan fingerprint density at radius 2 is 1.70 bits per heavy atom. The topological polar surface area (TPSA) is 139 Å². The van der Waals surface area contributed by atoms with E-state index in [0.29, 0.717) is 6.54 Å². The summed E-state index contributed by atoms with van der Waals surface area (Å²) in [5, 5.41) is 30.5. The Balaban J connectivity index is 0.000000345. The molecule has 1 aliphatic heterocycles. The van der Waals surface area contributed by atoms with E-state index in [4.69, 9.17) is 15.3 Å². The summed E-state index contributed by atoms with van der Waals surface area (Å²) in [6.45, 7) is 8.35. The molecule has 0 saturated carbocycles. The number of hydrogen-bond acceptors (Lipinski definition) is 6. The molecule has 1 aromatic carbocycles. The van der Waals surface area contributed by atoms with Gasteiger partial charge in [-0.2, -0.15) is 0 Å². The monoisotopic (exact) mass is 381 g/mol. The number of para-hydroxylation sites is 1. The van der Waals surface area contributed by atoms with Gasteiger partial charge in [0.2, 0.25) is 5.91 Å². The third kappa shape index (κ3) is 8.63. The molecule has 0 unspecified atom stereocenters. The highest BCUT2D eigenvalue weighted by atomic mass is 16.4. The molecule has 2 rings (SSSR count). The Morgan fingerprint density at radius 1 is 1.15 bits per heavy atom. The fraction of sp³-hybridized carbons (Fsp3) is 0.500. The fourth-order valence-electron chi connectivity index (χ4n) is 2.52. The van der Waals surface area contributed by atoms with Gasteiger partial charge in [-0.3, -0.25) is 14.5 Å². The second kappa shape index (κ2) is 11.3. The molecular formula is C18H27N3O6. The van der Waals surface area contributed by atoms with Crippen LogP contribution in [0.25, 0.3) is 0 Å². The molecule has 9 nitrogen and oxygen atoms in total. The standard InChI is InChI=1S/C14H21N3O.C4H6O5/c1-11-4-3-5-12(2)14(11)16-13(18)10-17-8-6-15-7-9-17;5-2(4(8)9)1-3(6)7/h3-5,15H,6-10H2,1-2H3,(H,16,18);2,5H,1H2,(H,6,7)(H,8,9)/t;2-/m.0/s1. The number of rotatable bonds is 6. The number of aryl methyl sites for hydroxylation is 2. The van der Waals surface area contributed by atoms with Gasteiger partial charge >= 0.3 is 11.9 Å². The second-order valence-corrected chi connectivity index (χ2v) is 6.29. The average Bonchev–Trinajstić information content (AvgIpc) is 2.59. The number of aliphatic hydroxyl groups is 1. The number of aliphatic carboxylic acids is 2. The summed E-state index contributed by atoms with van der Waals surface area (Å²) >= 11 is 0. The van der Waals surface area contributed by atoms with Crippen LogP contribution in [0.2, 0.25) is 0 Å². The van der Waals surface area contributed by atoms with Crippen molar-refractivity contribution in [1.29, 1.82) is 0 Å². The summed E-state index contributed by atoms with van der Waals surface area (Å²) in [6.07, 6.45) is -2.54. The third-order valence-electron chi connectivity index (χ3n) is 3.98. The summed E-state index contributed by atoms with van der Waals surface area (Å²) in [5.74, 6) is -2.77. The third-order valence-corrected chi connectivity index (χ3v) is 3.98. The second-order valence-electron chi connectivity index (χ2n) is 6.29. The molecule has 0 bridgehead atoms. The van der Waals surface area contributed by atoms with Gasteiger partial charge in [0, 0.05) is 31.9 Å². The van der Waals surface area contributed by atoms with Crippen molar-refractivity contribution < 1.29 is 29.7 Å². The minimum Gasteiger partial charge on any atom is -0.481 e. The lowest BCUT2D eigenvalue weighted by Gasteiger charge is -2.26. The molecule has 5 N–H and O–H groups in total. The molecule has 0 spiro atoms. The minimum absolute atomic E-state index is 0.0781. The van der Waals surface area contributed by atoms with Gasteiger partial charge in [-0.05, 0) is 25.0 Å². The maximum absolute atomic E-state index is 12.0. The summed E-state index contributed by atoms with van der Waals surface area (Å²) in [5.41, 5.74) is 3.19. The van der Waals surface area contributed by atoms with E-state index in [1.165, 1.54) is 0 Å². The highest BCUT2D eigenvalue weighted by Crippen LogP contribution is 2.19. The summed E-state index contributed by atoms with van der Waals surface area (Å²) < 4.78 is 0. The normalized spacial score (nSPS) is 15.2. The molecule has 0 radical (unpaired) electrons. The van der Waals surface area contributed by atoms with Crippen molar-refractivity contribution in [2.45, 2.75) is 26.4 Å². The van der Waals surface area contributed by atoms with Crippen molar-refractivity contribution in [3.05, 3.63) is 29.3 Å². The zero-order valence-corrected chi connectivity index (χ0v) is 15.6. The van der Waals surface area contributed by atoms with E-state index in [-0.39, 0.29) is 5.91 Å². The number of nitrogens with one attached hydrogen (secondary N) is 2. The van der Waals surface area contributed by atoms with Crippen LogP contribution in [0.5, 0.6) is 0 Å². The predicted octanol–water partition coefficient (Wildman–Crippen LogP) is 0.0537. The smallest absolute Gasteiger partial charge is 0.333 e. The predicted molar refractivity (Wildman–Crippen MR) is 99.8 cm³/mol. The number of carbonyl (C=O) groups excluding carboxylic acids is 1. The quantitative estimate of drug-likeness (QED) is 0.466. The fourth-order valence-corrected chi connectivity index (χ4v) is 2.52. The summed E-state index contributed by atoms with van der Waals surface area (Å²) in [6, 6.07) is 6.05. The number of piperazine rings is 1. The van der Waals surface area contributed by atoms with E-state index >= 15 is 0 Å². The van der Waals surface area contributed by atoms with Crippen molar-refractivity contribution >= 4 is 23.5 Å². The van der Waals surface area contributed by atoms with E-state index < -0.39 is 24.5 Å². The number of carbonyl (C=O) groups is 3. The zero-order chi connectivity index (χ0) is 20.4. The lowest BCUT2D eigenvalue weighted by Crippen LogP contribution is -2.46. The number of hydrogen-bond donors (Lipinski definition) is 5. The van der Waals surface area contributed by atoms with E-state index in [1.807, 2.05) is 32.0 Å². The van der Waals surface area contributed by atoms with Gasteiger partial charge < -0.3 is 26.0 Å². The molecule has 1 aromatic rings. The van der Waals surface area contributed by atoms with Crippen molar-refractivity contribution in [1.82, 2.24) is 10.2 Å². The minimum atomic E-state index is -1.79. The SMILES string of the molecule is Cc1cccc(C)c1NC(=O)CN1CCNCC1.O=C(O)C[C@H](O)C(=O)O. The van der Waals surface area contributed by atoms with Crippen LogP contribution in [0.4, 0.5) is 5.69 Å². The highest BCUT2D eigenvalue weighted by Gasteiger charge is 2.16. The molecule has 0 aromatic heterocycles. The molecule has 1 saturated heterocycles. The Hall–Kier alpha value is -2.49. The Morgan fingerprint density at radius 3 is 2.15 bits per heavy atom. The first-order chi connectivity index (χ1) is 12.7. The van der Waals surface area contributed by atoms with E-state index in [0.717, 1.165) is 43.0 Å². The molecule has 0 aliphatic carbocycles. The van der Waals surface area contributed by atoms with Crippen LogP contribution in [0.3, 0.4) is 0 Å². The lowest BCUT2D eigenvalue weighted by atomic mass is 10.1. The number of carboxylic acid groups (broad SMARTS) is 2. The molecular weight excluding hydrogens is 354 g/mol. The molecule has 1 aliphatic rings. The molecule has 150 valence electrons. The molecule has 27 heavy (non-hydrogen) atoms. The van der Waals surface area contributed by atoms with E-state index in [9.17, 15) is 14.4 Å². The number of nitrogens with zero attached hydrogens (tertiary/aromatic N) is 1. The maximum atomic E-state index is 12.0. The van der Waals surface area contributed by atoms with Gasteiger partial charge in [0.05, 0.1) is 13.0 Å². The van der Waals surface area contributed by atoms with Crippen molar-refractivity contribution in [3.63, 3.8) is 0 Å². The van der Waals surface area contributed by atoms with Gasteiger partial charge in [-0.25, -0.2) is 4.79 Å². The van der Waals surface area contributed by atoms with Gasteiger partial charge in [0.1, 0.15) is 0 Å². The highest BCUT2D eigenvalue weighted by molar-refractivity contribution is 5.93. The van der Waals surface area contributed by atoms with Crippen LogP contribution in [-0.2, 0) is 14.4 Å². The van der Waals surface area contributed by atoms with Crippen LogP contribution in [0.1, 0.15) is 17.5 Å². The van der Waals surface area contributed by atoms with Gasteiger partial charge in [0.25, 0.3) is 0 Å². The van der Waals surface area contributed by atoms with Crippen molar-refractivity contribution in [2.24, 2.45) is 0 Å². The van der Waals surface area contributed by atoms with Gasteiger partial charge in [-0.1, -0.05) is 18.2 Å². The lowest BCUT2D eigenvalue weighted by molar-refractivity contribution is -0.152. The van der Waals surface area contributed by atoms with Gasteiger partial charge in [0.15, 0.2) is 6.10 Å². The molecule has 1 amide bonds. The van der Waals surface area contributed by atoms with Crippen LogP contribution in [0, 0.1) is 13.8 Å². The van der Waals surface area contributed by atoms with Crippen molar-refractivity contribution in [2.75, 3.05) is 38.0 Å².